The molecular weight excluding hydrogens is 367 g/mol. The molecule has 0 saturated carbocycles. The molecule has 0 fully saturated rings. The van der Waals surface area contributed by atoms with Crippen LogP contribution >= 0.6 is 27.3 Å². The maximum absolute atomic E-state index is 13.5. The summed E-state index contributed by atoms with van der Waals surface area (Å²) in [6, 6.07) is 8.42. The van der Waals surface area contributed by atoms with Crippen molar-refractivity contribution in [2.45, 2.75) is 26.4 Å². The first kappa shape index (κ1) is 17.1. The number of amides is 1. The molecule has 1 unspecified atom stereocenters. The van der Waals surface area contributed by atoms with E-state index in [0.717, 1.165) is 3.79 Å². The largest absolute Gasteiger partial charge is 0.325 e. The SMILES string of the molecule is Cc1ccc(NC(=O)C(C)N(C)Cc2ccc(Br)s2)cc1F. The molecule has 22 heavy (non-hydrogen) atoms. The summed E-state index contributed by atoms with van der Waals surface area (Å²) < 4.78 is 14.6. The lowest BCUT2D eigenvalue weighted by Crippen LogP contribution is -2.39. The molecule has 1 atom stereocenters. The van der Waals surface area contributed by atoms with Gasteiger partial charge in [0.15, 0.2) is 0 Å². The second-order valence-corrected chi connectivity index (χ2v) is 7.80. The highest BCUT2D eigenvalue weighted by Crippen LogP contribution is 2.23. The van der Waals surface area contributed by atoms with E-state index in [1.54, 1.807) is 30.4 Å². The van der Waals surface area contributed by atoms with Crippen LogP contribution in [-0.2, 0) is 11.3 Å². The van der Waals surface area contributed by atoms with Crippen LogP contribution in [0, 0.1) is 12.7 Å². The molecule has 3 nitrogen and oxygen atoms in total. The second kappa shape index (κ2) is 7.35. The van der Waals surface area contributed by atoms with Crippen molar-refractivity contribution in [2.75, 3.05) is 12.4 Å². The molecule has 118 valence electrons. The van der Waals surface area contributed by atoms with Crippen LogP contribution < -0.4 is 5.32 Å². The van der Waals surface area contributed by atoms with Crippen LogP contribution in [0.3, 0.4) is 0 Å². The number of anilines is 1. The smallest absolute Gasteiger partial charge is 0.241 e. The Kier molecular flexibility index (Phi) is 5.72. The number of aryl methyl sites for hydroxylation is 1. The Balaban J connectivity index is 1.97. The average molecular weight is 385 g/mol. The van der Waals surface area contributed by atoms with Gasteiger partial charge in [0.25, 0.3) is 0 Å². The van der Waals surface area contributed by atoms with Crippen LogP contribution in [0.15, 0.2) is 34.1 Å². The summed E-state index contributed by atoms with van der Waals surface area (Å²) in [4.78, 5) is 15.4. The van der Waals surface area contributed by atoms with Crippen LogP contribution in [0.25, 0.3) is 0 Å². The molecule has 1 heterocycles. The minimum atomic E-state index is -0.317. The third kappa shape index (κ3) is 4.38. The Bertz CT molecular complexity index is 674. The maximum atomic E-state index is 13.5. The third-order valence-corrected chi connectivity index (χ3v) is 5.12. The number of rotatable bonds is 5. The van der Waals surface area contributed by atoms with Crippen LogP contribution in [-0.4, -0.2) is 23.9 Å². The Hall–Kier alpha value is -1.24. The number of carbonyl (C=O) groups is 1. The van der Waals surface area contributed by atoms with E-state index in [9.17, 15) is 9.18 Å². The Morgan fingerprint density at radius 1 is 1.41 bits per heavy atom. The van der Waals surface area contributed by atoms with Gasteiger partial charge in [0, 0.05) is 17.1 Å². The summed E-state index contributed by atoms with van der Waals surface area (Å²) in [5.41, 5.74) is 1.04. The van der Waals surface area contributed by atoms with Gasteiger partial charge in [-0.15, -0.1) is 11.3 Å². The molecule has 1 aromatic carbocycles. The van der Waals surface area contributed by atoms with E-state index in [4.69, 9.17) is 0 Å². The van der Waals surface area contributed by atoms with Gasteiger partial charge in [-0.1, -0.05) is 6.07 Å². The molecule has 0 bridgehead atoms. The first-order valence-corrected chi connectivity index (χ1v) is 8.49. The molecule has 2 rings (SSSR count). The number of hydrogen-bond donors (Lipinski definition) is 1. The number of benzene rings is 1. The predicted octanol–water partition coefficient (Wildman–Crippen LogP) is 4.42. The highest BCUT2D eigenvalue weighted by molar-refractivity contribution is 9.11. The minimum absolute atomic E-state index is 0.152. The van der Waals surface area contributed by atoms with Crippen molar-refractivity contribution in [2.24, 2.45) is 0 Å². The summed E-state index contributed by atoms with van der Waals surface area (Å²) in [5, 5.41) is 2.76. The Labute approximate surface area is 142 Å². The molecule has 0 aliphatic carbocycles. The first-order chi connectivity index (χ1) is 10.4. The van der Waals surface area contributed by atoms with E-state index in [0.29, 0.717) is 17.8 Å². The quantitative estimate of drug-likeness (QED) is 0.827. The van der Waals surface area contributed by atoms with Gasteiger partial charge in [-0.25, -0.2) is 4.39 Å². The van der Waals surface area contributed by atoms with Gasteiger partial charge >= 0.3 is 0 Å². The molecule has 6 heteroatoms. The zero-order chi connectivity index (χ0) is 16.3. The molecule has 0 spiro atoms. The highest BCUT2D eigenvalue weighted by atomic mass is 79.9. The van der Waals surface area contributed by atoms with Gasteiger partial charge in [0.05, 0.1) is 9.83 Å². The van der Waals surface area contributed by atoms with Crippen molar-refractivity contribution in [3.05, 3.63) is 50.4 Å². The summed E-state index contributed by atoms with van der Waals surface area (Å²) in [5.74, 6) is -0.469. The van der Waals surface area contributed by atoms with E-state index >= 15 is 0 Å². The van der Waals surface area contributed by atoms with E-state index in [2.05, 4.69) is 21.2 Å². The lowest BCUT2D eigenvalue weighted by molar-refractivity contribution is -0.120. The first-order valence-electron chi connectivity index (χ1n) is 6.88. The van der Waals surface area contributed by atoms with Crippen LogP contribution in [0.5, 0.6) is 0 Å². The van der Waals surface area contributed by atoms with Crippen LogP contribution in [0.2, 0.25) is 0 Å². The molecule has 0 aliphatic rings. The van der Waals surface area contributed by atoms with E-state index in [-0.39, 0.29) is 17.8 Å². The standard InChI is InChI=1S/C16H18BrFN2OS/c1-10-4-5-12(8-14(10)18)19-16(21)11(2)20(3)9-13-6-7-15(17)22-13/h4-8,11H,9H2,1-3H3,(H,19,21). The molecule has 2 aromatic rings. The number of nitrogens with zero attached hydrogens (tertiary/aromatic N) is 1. The van der Waals surface area contributed by atoms with Crippen molar-refractivity contribution in [1.29, 1.82) is 0 Å². The number of thiophene rings is 1. The molecule has 1 N–H and O–H groups in total. The van der Waals surface area contributed by atoms with E-state index < -0.39 is 0 Å². The van der Waals surface area contributed by atoms with Crippen LogP contribution in [0.1, 0.15) is 17.4 Å². The Morgan fingerprint density at radius 2 is 2.14 bits per heavy atom. The van der Waals surface area contributed by atoms with Crippen LogP contribution in [0.4, 0.5) is 10.1 Å². The second-order valence-electron chi connectivity index (χ2n) is 5.25. The lowest BCUT2D eigenvalue weighted by atomic mass is 10.2. The Morgan fingerprint density at radius 3 is 2.73 bits per heavy atom. The monoisotopic (exact) mass is 384 g/mol. The normalized spacial score (nSPS) is 12.5. The molecule has 0 aliphatic heterocycles. The number of hydrogen-bond acceptors (Lipinski definition) is 3. The third-order valence-electron chi connectivity index (χ3n) is 3.51. The molecule has 0 saturated heterocycles. The minimum Gasteiger partial charge on any atom is -0.325 e. The maximum Gasteiger partial charge on any atom is 0.241 e. The van der Waals surface area contributed by atoms with E-state index in [1.807, 2.05) is 31.0 Å². The number of halogens is 2. The summed E-state index contributed by atoms with van der Waals surface area (Å²) in [6.07, 6.45) is 0. The highest BCUT2D eigenvalue weighted by Gasteiger charge is 2.19. The van der Waals surface area contributed by atoms with Crippen molar-refractivity contribution < 1.29 is 9.18 Å². The lowest BCUT2D eigenvalue weighted by Gasteiger charge is -2.23. The summed E-state index contributed by atoms with van der Waals surface area (Å²) in [7, 11) is 1.90. The van der Waals surface area contributed by atoms with Crippen molar-refractivity contribution in [3.63, 3.8) is 0 Å². The molecule has 0 radical (unpaired) electrons. The van der Waals surface area contributed by atoms with E-state index in [1.165, 1.54) is 10.9 Å². The summed E-state index contributed by atoms with van der Waals surface area (Å²) in [6.45, 7) is 4.21. The van der Waals surface area contributed by atoms with Crippen molar-refractivity contribution in [1.82, 2.24) is 4.90 Å². The number of nitrogens with one attached hydrogen (secondary N) is 1. The van der Waals surface area contributed by atoms with Gasteiger partial charge in [-0.3, -0.25) is 9.69 Å². The van der Waals surface area contributed by atoms with Crippen molar-refractivity contribution in [3.8, 4) is 0 Å². The fraction of sp³-hybridized carbons (Fsp3) is 0.312. The van der Waals surface area contributed by atoms with Gasteiger partial charge in [0.1, 0.15) is 5.82 Å². The number of likely N-dealkylation sites (N-methyl/N-ethyl adjacent to an activating group) is 1. The fourth-order valence-corrected chi connectivity index (χ4v) is 3.48. The predicted molar refractivity (Wildman–Crippen MR) is 92.7 cm³/mol. The van der Waals surface area contributed by atoms with Gasteiger partial charge in [0.2, 0.25) is 5.91 Å². The zero-order valence-corrected chi connectivity index (χ0v) is 15.1. The molecular formula is C16H18BrFN2OS. The van der Waals surface area contributed by atoms with Gasteiger partial charge in [-0.2, -0.15) is 0 Å². The fourth-order valence-electron chi connectivity index (χ4n) is 1.94. The zero-order valence-electron chi connectivity index (χ0n) is 12.7. The number of carbonyl (C=O) groups excluding carboxylic acids is 1. The van der Waals surface area contributed by atoms with Gasteiger partial charge in [-0.05, 0) is 66.7 Å². The van der Waals surface area contributed by atoms with Crippen molar-refractivity contribution >= 4 is 38.9 Å². The van der Waals surface area contributed by atoms with Gasteiger partial charge < -0.3 is 5.32 Å². The average Bonchev–Trinajstić information content (AvgIpc) is 2.87. The topological polar surface area (TPSA) is 32.3 Å². The summed E-state index contributed by atoms with van der Waals surface area (Å²) >= 11 is 5.08. The molecule has 1 aromatic heterocycles. The molecule has 1 amide bonds.